The van der Waals surface area contributed by atoms with E-state index >= 15 is 0 Å². The number of hydrogen-bond donors (Lipinski definition) is 1. The minimum Gasteiger partial charge on any atom is -0.496 e. The van der Waals surface area contributed by atoms with Crippen molar-refractivity contribution in [2.75, 3.05) is 7.11 Å². The highest BCUT2D eigenvalue weighted by molar-refractivity contribution is 5.58. The van der Waals surface area contributed by atoms with E-state index in [2.05, 4.69) is 6.07 Å². The molecule has 156 valence electrons. The van der Waals surface area contributed by atoms with E-state index in [9.17, 15) is 10.1 Å². The van der Waals surface area contributed by atoms with Crippen LogP contribution in [0, 0.1) is 25.2 Å². The molecule has 0 bridgehead atoms. The summed E-state index contributed by atoms with van der Waals surface area (Å²) >= 11 is 0. The highest BCUT2D eigenvalue weighted by Crippen LogP contribution is 2.43. The molecule has 0 saturated carbocycles. The van der Waals surface area contributed by atoms with E-state index in [1.165, 1.54) is 0 Å². The van der Waals surface area contributed by atoms with Gasteiger partial charge in [-0.3, -0.25) is 4.79 Å². The third kappa shape index (κ3) is 3.55. The molecule has 0 fully saturated rings. The first-order chi connectivity index (χ1) is 14.9. The lowest BCUT2D eigenvalue weighted by molar-refractivity contribution is 0.383. The van der Waals surface area contributed by atoms with E-state index in [-0.39, 0.29) is 17.0 Å². The van der Waals surface area contributed by atoms with Crippen LogP contribution >= 0.6 is 0 Å². The van der Waals surface area contributed by atoms with Gasteiger partial charge in [-0.25, -0.2) is 0 Å². The largest absolute Gasteiger partial charge is 0.496 e. The summed E-state index contributed by atoms with van der Waals surface area (Å²) in [6.45, 7) is 4.30. The van der Waals surface area contributed by atoms with Gasteiger partial charge in [0.15, 0.2) is 0 Å². The van der Waals surface area contributed by atoms with Crippen LogP contribution in [0.2, 0.25) is 0 Å². The fraction of sp³-hybridized carbons (Fsp3) is 0.200. The Kier molecular flexibility index (Phi) is 5.26. The number of nitriles is 1. The number of nitrogens with two attached hydrogens (primary N) is 1. The topological polar surface area (TPSA) is 90.3 Å². The number of benzene rings is 2. The molecule has 0 amide bonds. The van der Waals surface area contributed by atoms with Crippen molar-refractivity contribution in [3.8, 4) is 17.6 Å². The Balaban J connectivity index is 1.94. The number of ether oxygens (including phenoxy) is 2. The van der Waals surface area contributed by atoms with Gasteiger partial charge in [0.25, 0.3) is 5.56 Å². The van der Waals surface area contributed by atoms with Crippen molar-refractivity contribution >= 4 is 0 Å². The Labute approximate surface area is 180 Å². The van der Waals surface area contributed by atoms with Gasteiger partial charge in [0.2, 0.25) is 5.88 Å². The van der Waals surface area contributed by atoms with E-state index in [4.69, 9.17) is 15.2 Å². The highest BCUT2D eigenvalue weighted by atomic mass is 16.5. The van der Waals surface area contributed by atoms with Crippen molar-refractivity contribution in [3.05, 3.63) is 104 Å². The van der Waals surface area contributed by atoms with Gasteiger partial charge in [0.05, 0.1) is 25.1 Å². The molecule has 31 heavy (non-hydrogen) atoms. The average molecular weight is 413 g/mol. The molecule has 0 radical (unpaired) electrons. The Morgan fingerprint density at radius 3 is 2.55 bits per heavy atom. The Hall–Kier alpha value is -3.98. The van der Waals surface area contributed by atoms with E-state index in [1.54, 1.807) is 23.8 Å². The van der Waals surface area contributed by atoms with Gasteiger partial charge < -0.3 is 19.8 Å². The van der Waals surface area contributed by atoms with Crippen LogP contribution in [0.3, 0.4) is 0 Å². The first-order valence-electron chi connectivity index (χ1n) is 9.95. The van der Waals surface area contributed by atoms with Gasteiger partial charge >= 0.3 is 0 Å². The smallest absolute Gasteiger partial charge is 0.259 e. The molecule has 6 heteroatoms. The molecule has 2 aromatic carbocycles. The second-order valence-corrected chi connectivity index (χ2v) is 7.61. The minimum absolute atomic E-state index is 0.000917. The second-order valence-electron chi connectivity index (χ2n) is 7.61. The number of nitrogens with zero attached hydrogens (tertiary/aromatic N) is 2. The molecule has 2 heterocycles. The van der Waals surface area contributed by atoms with Gasteiger partial charge in [0.1, 0.15) is 23.1 Å². The zero-order chi connectivity index (χ0) is 22.1. The molecule has 1 aromatic heterocycles. The summed E-state index contributed by atoms with van der Waals surface area (Å²) in [5, 5.41) is 9.84. The van der Waals surface area contributed by atoms with E-state index < -0.39 is 5.92 Å². The summed E-state index contributed by atoms with van der Waals surface area (Å²) in [5.41, 5.74) is 10.0. The number of aryl methyl sites for hydroxylation is 2. The maximum Gasteiger partial charge on any atom is 0.259 e. The molecule has 0 unspecified atom stereocenters. The molecule has 4 rings (SSSR count). The third-order valence-electron chi connectivity index (χ3n) is 5.60. The molecule has 0 saturated heterocycles. The van der Waals surface area contributed by atoms with Crippen LogP contribution in [0.25, 0.3) is 0 Å². The normalized spacial score (nSPS) is 15.1. The number of rotatable bonds is 4. The molecular formula is C25H23N3O3. The SMILES string of the molecule is COc1ccccc1[C@H]1C(C#N)=C(N)Oc2cc(C)n(Cc3ccc(C)cc3)c(=O)c21. The van der Waals surface area contributed by atoms with Gasteiger partial charge in [0, 0.05) is 17.3 Å². The molecule has 1 aliphatic rings. The van der Waals surface area contributed by atoms with Crippen molar-refractivity contribution < 1.29 is 9.47 Å². The zero-order valence-electron chi connectivity index (χ0n) is 17.7. The first-order valence-corrected chi connectivity index (χ1v) is 9.95. The van der Waals surface area contributed by atoms with Gasteiger partial charge in [-0.2, -0.15) is 5.26 Å². The van der Waals surface area contributed by atoms with Crippen molar-refractivity contribution in [2.24, 2.45) is 5.73 Å². The predicted molar refractivity (Wildman–Crippen MR) is 118 cm³/mol. The number of allylic oxidation sites excluding steroid dienone is 1. The molecule has 0 spiro atoms. The summed E-state index contributed by atoms with van der Waals surface area (Å²) in [5.74, 6) is 0.268. The maximum atomic E-state index is 13.7. The van der Waals surface area contributed by atoms with Crippen LogP contribution in [0.15, 0.2) is 70.8 Å². The molecule has 1 aliphatic heterocycles. The molecule has 3 aromatic rings. The molecule has 0 aliphatic carbocycles. The number of aromatic nitrogens is 1. The van der Waals surface area contributed by atoms with Crippen LogP contribution in [0.5, 0.6) is 11.5 Å². The monoisotopic (exact) mass is 413 g/mol. The number of para-hydroxylation sites is 1. The summed E-state index contributed by atoms with van der Waals surface area (Å²) in [7, 11) is 1.56. The Morgan fingerprint density at radius 1 is 1.16 bits per heavy atom. The third-order valence-corrected chi connectivity index (χ3v) is 5.60. The van der Waals surface area contributed by atoms with Gasteiger partial charge in [-0.15, -0.1) is 0 Å². The summed E-state index contributed by atoms with van der Waals surface area (Å²) < 4.78 is 12.9. The van der Waals surface area contributed by atoms with Gasteiger partial charge in [-0.05, 0) is 25.5 Å². The quantitative estimate of drug-likeness (QED) is 0.704. The van der Waals surface area contributed by atoms with Crippen LogP contribution in [0.4, 0.5) is 0 Å². The maximum absolute atomic E-state index is 13.7. The first kappa shape index (κ1) is 20.3. The molecule has 1 atom stereocenters. The van der Waals surface area contributed by atoms with E-state index in [0.29, 0.717) is 29.2 Å². The molecule has 2 N–H and O–H groups in total. The predicted octanol–water partition coefficient (Wildman–Crippen LogP) is 3.74. The Morgan fingerprint density at radius 2 is 1.87 bits per heavy atom. The fourth-order valence-corrected chi connectivity index (χ4v) is 3.97. The molecular weight excluding hydrogens is 390 g/mol. The second kappa shape index (κ2) is 8.04. The zero-order valence-corrected chi connectivity index (χ0v) is 17.7. The Bertz CT molecular complexity index is 1280. The lowest BCUT2D eigenvalue weighted by Gasteiger charge is -2.28. The summed E-state index contributed by atoms with van der Waals surface area (Å²) in [4.78, 5) is 13.7. The van der Waals surface area contributed by atoms with Crippen molar-refractivity contribution in [1.29, 1.82) is 5.26 Å². The standard InChI is InChI=1S/C25H23N3O3/c1-15-8-10-17(11-9-15)14-28-16(2)12-21-23(25(28)29)22(19(13-26)24(27)31-21)18-6-4-5-7-20(18)30-3/h4-12,22H,14,27H2,1-3H3/t22-/m0/s1. The lowest BCUT2D eigenvalue weighted by Crippen LogP contribution is -2.33. The number of pyridine rings is 1. The van der Waals surface area contributed by atoms with E-state index in [0.717, 1.165) is 16.8 Å². The summed E-state index contributed by atoms with van der Waals surface area (Å²) in [6, 6.07) is 19.3. The van der Waals surface area contributed by atoms with Crippen molar-refractivity contribution in [3.63, 3.8) is 0 Å². The average Bonchev–Trinajstić information content (AvgIpc) is 2.77. The number of hydrogen-bond acceptors (Lipinski definition) is 5. The van der Waals surface area contributed by atoms with Gasteiger partial charge in [-0.1, -0.05) is 48.0 Å². The van der Waals surface area contributed by atoms with Crippen LogP contribution in [-0.4, -0.2) is 11.7 Å². The number of fused-ring (bicyclic) bond motifs is 1. The highest BCUT2D eigenvalue weighted by Gasteiger charge is 2.35. The van der Waals surface area contributed by atoms with Crippen LogP contribution in [-0.2, 0) is 6.54 Å². The minimum atomic E-state index is -0.678. The van der Waals surface area contributed by atoms with Crippen molar-refractivity contribution in [1.82, 2.24) is 4.57 Å². The fourth-order valence-electron chi connectivity index (χ4n) is 3.97. The van der Waals surface area contributed by atoms with Crippen LogP contribution in [0.1, 0.15) is 33.9 Å². The lowest BCUT2D eigenvalue weighted by atomic mass is 9.83. The van der Waals surface area contributed by atoms with E-state index in [1.807, 2.05) is 56.3 Å². The number of methoxy groups -OCH3 is 1. The molecule has 6 nitrogen and oxygen atoms in total. The van der Waals surface area contributed by atoms with Crippen LogP contribution < -0.4 is 20.8 Å². The van der Waals surface area contributed by atoms with Crippen molar-refractivity contribution in [2.45, 2.75) is 26.3 Å². The summed E-state index contributed by atoms with van der Waals surface area (Å²) in [6.07, 6.45) is 0.